The number of halogens is 3. The van der Waals surface area contributed by atoms with E-state index in [1.165, 1.54) is 0 Å². The van der Waals surface area contributed by atoms with E-state index in [0.717, 1.165) is 68.9 Å². The molecule has 2 amide bonds. The minimum absolute atomic E-state index is 0.0419. The number of aromatic nitrogens is 2. The van der Waals surface area contributed by atoms with Crippen molar-refractivity contribution in [2.24, 2.45) is 0 Å². The van der Waals surface area contributed by atoms with Crippen LogP contribution in [-0.2, 0) is 11.0 Å². The highest BCUT2D eigenvalue weighted by Gasteiger charge is 2.33. The minimum atomic E-state index is -4.57. The van der Waals surface area contributed by atoms with Crippen LogP contribution in [0.1, 0.15) is 59.0 Å². The first kappa shape index (κ1) is 34.8. The number of carbonyl (C=O) groups excluding carboxylic acids is 2. The lowest BCUT2D eigenvalue weighted by atomic mass is 9.89. The van der Waals surface area contributed by atoms with Gasteiger partial charge in [-0.15, -0.1) is 10.2 Å². The molecular weight excluding hydrogens is 649 g/mol. The first-order valence-electron chi connectivity index (χ1n) is 16.7. The van der Waals surface area contributed by atoms with Gasteiger partial charge in [-0.2, -0.15) is 13.2 Å². The largest absolute Gasteiger partial charge is 0.438 e. The standard InChI is InChI=1S/C37H39F3N6O4/c1-2-44-20-22-45(23-21-44)31-13-10-28(24-30(31)41-35(48)34(47)27-6-4-3-5-7-27)36(49)46-18-16-26(17-19-46)25-8-11-29(12-9-25)50-33-15-14-32(42-43-33)37(38,39)40/h3-15,24,26,34,47H,2,16-23H2,1H3,(H,41,48). The predicted octanol–water partition coefficient (Wildman–Crippen LogP) is 6.12. The normalized spacial score (nSPS) is 16.6. The van der Waals surface area contributed by atoms with Crippen molar-refractivity contribution in [2.45, 2.75) is 38.0 Å². The molecule has 1 aromatic heterocycles. The number of aliphatic hydroxyl groups excluding tert-OH is 1. The van der Waals surface area contributed by atoms with Gasteiger partial charge in [-0.3, -0.25) is 9.59 Å². The molecule has 10 nitrogen and oxygen atoms in total. The van der Waals surface area contributed by atoms with Crippen molar-refractivity contribution in [3.05, 3.63) is 107 Å². The number of ether oxygens (including phenoxy) is 1. The fourth-order valence-corrected chi connectivity index (χ4v) is 6.39. The van der Waals surface area contributed by atoms with E-state index in [2.05, 4.69) is 32.2 Å². The van der Waals surface area contributed by atoms with Crippen LogP contribution in [0.3, 0.4) is 0 Å². The Hall–Kier alpha value is -5.01. The molecule has 1 atom stereocenters. The maximum absolute atomic E-state index is 13.8. The average molecular weight is 689 g/mol. The molecule has 0 spiro atoms. The van der Waals surface area contributed by atoms with Crippen LogP contribution in [-0.4, -0.2) is 82.7 Å². The van der Waals surface area contributed by atoms with Gasteiger partial charge in [0, 0.05) is 50.9 Å². The second-order valence-electron chi connectivity index (χ2n) is 12.4. The zero-order valence-corrected chi connectivity index (χ0v) is 27.6. The fourth-order valence-electron chi connectivity index (χ4n) is 6.39. The van der Waals surface area contributed by atoms with Crippen molar-refractivity contribution in [1.29, 1.82) is 0 Å². The molecule has 2 N–H and O–H groups in total. The summed E-state index contributed by atoms with van der Waals surface area (Å²) >= 11 is 0. The molecule has 3 heterocycles. The van der Waals surface area contributed by atoms with Crippen LogP contribution in [0.25, 0.3) is 0 Å². The Kier molecular flexibility index (Phi) is 10.6. The van der Waals surface area contributed by atoms with Crippen molar-refractivity contribution < 1.29 is 32.6 Å². The summed E-state index contributed by atoms with van der Waals surface area (Å²) in [4.78, 5) is 33.3. The van der Waals surface area contributed by atoms with Crippen LogP contribution in [0.5, 0.6) is 11.6 Å². The van der Waals surface area contributed by atoms with Gasteiger partial charge in [0.15, 0.2) is 11.8 Å². The molecule has 0 aliphatic carbocycles. The monoisotopic (exact) mass is 688 g/mol. The average Bonchev–Trinajstić information content (AvgIpc) is 3.15. The lowest BCUT2D eigenvalue weighted by molar-refractivity contribution is -0.141. The molecule has 2 fully saturated rings. The minimum Gasteiger partial charge on any atom is -0.438 e. The number of likely N-dealkylation sites (tertiary alicyclic amines) is 1. The number of alkyl halides is 3. The number of hydrogen-bond donors (Lipinski definition) is 2. The van der Waals surface area contributed by atoms with Gasteiger partial charge in [-0.25, -0.2) is 0 Å². The molecule has 50 heavy (non-hydrogen) atoms. The number of hydrogen-bond acceptors (Lipinski definition) is 8. The van der Waals surface area contributed by atoms with Gasteiger partial charge in [0.25, 0.3) is 11.8 Å². The zero-order valence-electron chi connectivity index (χ0n) is 27.6. The third-order valence-corrected chi connectivity index (χ3v) is 9.31. The smallest absolute Gasteiger partial charge is 0.435 e. The molecule has 3 aromatic carbocycles. The highest BCUT2D eigenvalue weighted by molar-refractivity contribution is 6.01. The van der Waals surface area contributed by atoms with Crippen molar-refractivity contribution in [3.8, 4) is 11.6 Å². The van der Waals surface area contributed by atoms with E-state index >= 15 is 0 Å². The summed E-state index contributed by atoms with van der Waals surface area (Å²) in [6, 6.07) is 23.4. The Bertz CT molecular complexity index is 1760. The Morgan fingerprint density at radius 3 is 2.22 bits per heavy atom. The van der Waals surface area contributed by atoms with E-state index in [9.17, 15) is 27.9 Å². The summed E-state index contributed by atoms with van der Waals surface area (Å²) in [6.45, 7) is 7.49. The third-order valence-electron chi connectivity index (χ3n) is 9.31. The highest BCUT2D eigenvalue weighted by Crippen LogP contribution is 2.34. The summed E-state index contributed by atoms with van der Waals surface area (Å²) in [7, 11) is 0. The van der Waals surface area contributed by atoms with Crippen molar-refractivity contribution in [1.82, 2.24) is 20.0 Å². The van der Waals surface area contributed by atoms with E-state index in [1.807, 2.05) is 29.2 Å². The number of carbonyl (C=O) groups is 2. The number of amides is 2. The van der Waals surface area contributed by atoms with Gasteiger partial charge in [0.2, 0.25) is 5.88 Å². The second kappa shape index (κ2) is 15.3. The van der Waals surface area contributed by atoms with E-state index in [1.54, 1.807) is 48.5 Å². The summed E-state index contributed by atoms with van der Waals surface area (Å²) in [5.74, 6) is -0.118. The number of aliphatic hydroxyl groups is 1. The predicted molar refractivity (Wildman–Crippen MR) is 182 cm³/mol. The molecule has 2 aliphatic rings. The zero-order chi connectivity index (χ0) is 35.3. The van der Waals surface area contributed by atoms with Gasteiger partial charge in [0.1, 0.15) is 5.75 Å². The number of nitrogens with one attached hydrogen (secondary N) is 1. The molecular formula is C37H39F3N6O4. The number of benzene rings is 3. The molecule has 0 radical (unpaired) electrons. The van der Waals surface area contributed by atoms with E-state index in [4.69, 9.17) is 4.74 Å². The summed E-state index contributed by atoms with van der Waals surface area (Å²) < 4.78 is 43.9. The number of piperidine rings is 1. The van der Waals surface area contributed by atoms with Gasteiger partial charge in [-0.05, 0) is 72.8 Å². The molecule has 1 unspecified atom stereocenters. The molecule has 2 aliphatic heterocycles. The molecule has 2 saturated heterocycles. The Morgan fingerprint density at radius 2 is 1.60 bits per heavy atom. The number of likely N-dealkylation sites (N-methyl/N-ethyl adjacent to an activating group) is 1. The maximum atomic E-state index is 13.8. The second-order valence-corrected chi connectivity index (χ2v) is 12.4. The number of anilines is 2. The molecule has 0 bridgehead atoms. The van der Waals surface area contributed by atoms with Gasteiger partial charge >= 0.3 is 6.18 Å². The SMILES string of the molecule is CCN1CCN(c2ccc(C(=O)N3CCC(c4ccc(Oc5ccc(C(F)(F)F)nn5)cc4)CC3)cc2NC(=O)C(O)c2ccccc2)CC1. The first-order chi connectivity index (χ1) is 24.1. The number of nitrogens with zero attached hydrogens (tertiary/aromatic N) is 5. The van der Waals surface area contributed by atoms with E-state index < -0.39 is 23.9 Å². The van der Waals surface area contributed by atoms with Crippen LogP contribution in [0.4, 0.5) is 24.5 Å². The quantitative estimate of drug-likeness (QED) is 0.217. The summed E-state index contributed by atoms with van der Waals surface area (Å²) in [6.07, 6.45) is -4.46. The van der Waals surface area contributed by atoms with E-state index in [-0.39, 0.29) is 17.7 Å². The lowest BCUT2D eigenvalue weighted by Crippen LogP contribution is -2.46. The van der Waals surface area contributed by atoms with Crippen molar-refractivity contribution in [2.75, 3.05) is 56.0 Å². The van der Waals surface area contributed by atoms with Gasteiger partial charge < -0.3 is 29.9 Å². The molecule has 13 heteroatoms. The van der Waals surface area contributed by atoms with E-state index in [0.29, 0.717) is 35.7 Å². The van der Waals surface area contributed by atoms with Crippen LogP contribution in [0.2, 0.25) is 0 Å². The first-order valence-corrected chi connectivity index (χ1v) is 16.7. The Labute approximate surface area is 288 Å². The van der Waals surface area contributed by atoms with Crippen molar-refractivity contribution in [3.63, 3.8) is 0 Å². The Morgan fingerprint density at radius 1 is 0.900 bits per heavy atom. The molecule has 262 valence electrons. The summed E-state index contributed by atoms with van der Waals surface area (Å²) in [5, 5.41) is 20.4. The molecule has 6 rings (SSSR count). The van der Waals surface area contributed by atoms with Crippen LogP contribution in [0.15, 0.2) is 84.9 Å². The van der Waals surface area contributed by atoms with Crippen LogP contribution in [0, 0.1) is 0 Å². The van der Waals surface area contributed by atoms with Crippen LogP contribution < -0.4 is 15.0 Å². The Balaban J connectivity index is 1.10. The summed E-state index contributed by atoms with van der Waals surface area (Å²) in [5.41, 5.74) is 2.21. The molecule has 4 aromatic rings. The highest BCUT2D eigenvalue weighted by atomic mass is 19.4. The van der Waals surface area contributed by atoms with Gasteiger partial charge in [-0.1, -0.05) is 49.4 Å². The van der Waals surface area contributed by atoms with Gasteiger partial charge in [0.05, 0.1) is 11.4 Å². The van der Waals surface area contributed by atoms with Crippen molar-refractivity contribution >= 4 is 23.2 Å². The lowest BCUT2D eigenvalue weighted by Gasteiger charge is -2.37. The fraction of sp³-hybridized carbons (Fsp3) is 0.351. The topological polar surface area (TPSA) is 111 Å². The maximum Gasteiger partial charge on any atom is 0.435 e. The third kappa shape index (κ3) is 8.23. The molecule has 0 saturated carbocycles. The van der Waals surface area contributed by atoms with Crippen LogP contribution >= 0.6 is 0 Å². The number of piperazine rings is 1. The number of rotatable bonds is 9.